The van der Waals surface area contributed by atoms with E-state index in [1.807, 2.05) is 0 Å². The van der Waals surface area contributed by atoms with E-state index in [1.54, 1.807) is 5.38 Å². The van der Waals surface area contributed by atoms with Gasteiger partial charge >= 0.3 is 5.97 Å². The molecular weight excluding hydrogens is 272 g/mol. The van der Waals surface area contributed by atoms with Crippen molar-refractivity contribution in [3.63, 3.8) is 0 Å². The van der Waals surface area contributed by atoms with E-state index < -0.39 is 11.6 Å². The van der Waals surface area contributed by atoms with Gasteiger partial charge in [-0.2, -0.15) is 0 Å². The molecule has 6 heteroatoms. The minimum atomic E-state index is -0.610. The zero-order valence-corrected chi connectivity index (χ0v) is 11.0. The van der Waals surface area contributed by atoms with Crippen LogP contribution in [0.25, 0.3) is 0 Å². The van der Waals surface area contributed by atoms with Gasteiger partial charge in [-0.1, -0.05) is 0 Å². The van der Waals surface area contributed by atoms with Gasteiger partial charge in [-0.05, 0) is 17.7 Å². The van der Waals surface area contributed by atoms with Crippen LogP contribution >= 0.6 is 11.3 Å². The summed E-state index contributed by atoms with van der Waals surface area (Å²) in [6.45, 7) is 0. The predicted octanol–water partition coefficient (Wildman–Crippen LogP) is 2.73. The summed E-state index contributed by atoms with van der Waals surface area (Å²) in [5, 5.41) is 2.44. The lowest BCUT2D eigenvalue weighted by Crippen LogP contribution is -2.04. The zero-order valence-electron chi connectivity index (χ0n) is 10.2. The number of hydrogen-bond donors (Lipinski definition) is 0. The summed E-state index contributed by atoms with van der Waals surface area (Å²) in [5.41, 5.74) is 1.11. The topological polar surface area (TPSA) is 39.2 Å². The Balaban J connectivity index is 2.09. The quantitative estimate of drug-likeness (QED) is 0.810. The number of carbonyl (C=O) groups is 1. The Morgan fingerprint density at radius 2 is 2.00 bits per heavy atom. The van der Waals surface area contributed by atoms with Crippen LogP contribution in [0.4, 0.5) is 8.78 Å². The van der Waals surface area contributed by atoms with Crippen LogP contribution in [0.1, 0.15) is 16.3 Å². The van der Waals surface area contributed by atoms with Crippen molar-refractivity contribution < 1.29 is 18.3 Å². The van der Waals surface area contributed by atoms with Gasteiger partial charge in [-0.3, -0.25) is 4.79 Å². The van der Waals surface area contributed by atoms with Gasteiger partial charge in [0, 0.05) is 17.9 Å². The maximum Gasteiger partial charge on any atom is 0.311 e. The van der Waals surface area contributed by atoms with Crippen molar-refractivity contribution >= 4 is 17.3 Å². The van der Waals surface area contributed by atoms with Gasteiger partial charge in [0.05, 0.1) is 24.2 Å². The van der Waals surface area contributed by atoms with Crippen LogP contribution < -0.4 is 0 Å². The molecule has 1 aromatic heterocycles. The van der Waals surface area contributed by atoms with Crippen molar-refractivity contribution in [3.8, 4) is 0 Å². The minimum absolute atomic E-state index is 0.102. The van der Waals surface area contributed by atoms with E-state index >= 15 is 0 Å². The third-order valence-corrected chi connectivity index (χ3v) is 3.33. The molecule has 0 aliphatic carbocycles. The van der Waals surface area contributed by atoms with Gasteiger partial charge in [-0.15, -0.1) is 11.3 Å². The van der Waals surface area contributed by atoms with Crippen molar-refractivity contribution in [2.75, 3.05) is 7.11 Å². The van der Waals surface area contributed by atoms with E-state index in [4.69, 9.17) is 0 Å². The maximum absolute atomic E-state index is 13.0. The van der Waals surface area contributed by atoms with E-state index in [0.29, 0.717) is 22.7 Å². The van der Waals surface area contributed by atoms with Gasteiger partial charge in [0.2, 0.25) is 0 Å². The predicted molar refractivity (Wildman–Crippen MR) is 67.0 cm³/mol. The first kappa shape index (κ1) is 13.6. The van der Waals surface area contributed by atoms with Crippen molar-refractivity contribution in [3.05, 3.63) is 51.5 Å². The Labute approximate surface area is 112 Å². The average molecular weight is 283 g/mol. The van der Waals surface area contributed by atoms with Gasteiger partial charge in [0.15, 0.2) is 0 Å². The van der Waals surface area contributed by atoms with Crippen LogP contribution in [-0.2, 0) is 22.4 Å². The number of nitrogens with zero attached hydrogens (tertiary/aromatic N) is 1. The number of rotatable bonds is 4. The molecule has 2 aromatic rings. The fourth-order valence-electron chi connectivity index (χ4n) is 1.62. The lowest BCUT2D eigenvalue weighted by atomic mass is 10.1. The van der Waals surface area contributed by atoms with Crippen LogP contribution in [0.2, 0.25) is 0 Å². The second-order valence-corrected chi connectivity index (χ2v) is 4.88. The molecule has 1 heterocycles. The minimum Gasteiger partial charge on any atom is -0.469 e. The summed E-state index contributed by atoms with van der Waals surface area (Å²) in [7, 11) is 1.31. The average Bonchev–Trinajstić information content (AvgIpc) is 2.74. The SMILES string of the molecule is COC(=O)Cc1csc(Cc2cc(F)cc(F)c2)n1. The third kappa shape index (κ3) is 3.82. The first-order valence-corrected chi connectivity index (χ1v) is 6.40. The zero-order chi connectivity index (χ0) is 13.8. The monoisotopic (exact) mass is 283 g/mol. The number of esters is 1. The van der Waals surface area contributed by atoms with E-state index in [2.05, 4.69) is 9.72 Å². The number of thiazole rings is 1. The summed E-state index contributed by atoms with van der Waals surface area (Å²) in [6.07, 6.45) is 0.436. The Kier molecular flexibility index (Phi) is 4.21. The number of hydrogen-bond acceptors (Lipinski definition) is 4. The van der Waals surface area contributed by atoms with Gasteiger partial charge in [0.25, 0.3) is 0 Å². The smallest absolute Gasteiger partial charge is 0.311 e. The molecule has 19 heavy (non-hydrogen) atoms. The van der Waals surface area contributed by atoms with Crippen LogP contribution in [0, 0.1) is 11.6 Å². The summed E-state index contributed by atoms with van der Waals surface area (Å²) in [6, 6.07) is 3.36. The molecule has 0 radical (unpaired) electrons. The highest BCUT2D eigenvalue weighted by Crippen LogP contribution is 2.17. The molecule has 0 spiro atoms. The number of aromatic nitrogens is 1. The fraction of sp³-hybridized carbons (Fsp3) is 0.231. The number of carbonyl (C=O) groups excluding carboxylic acids is 1. The molecule has 3 nitrogen and oxygen atoms in total. The van der Waals surface area contributed by atoms with Crippen molar-refractivity contribution in [1.29, 1.82) is 0 Å². The van der Waals surface area contributed by atoms with E-state index in [1.165, 1.54) is 30.6 Å². The van der Waals surface area contributed by atoms with E-state index in [9.17, 15) is 13.6 Å². The highest BCUT2D eigenvalue weighted by molar-refractivity contribution is 7.09. The Hall–Kier alpha value is -1.82. The molecule has 0 unspecified atom stereocenters. The Bertz CT molecular complexity index is 578. The van der Waals surface area contributed by atoms with Crippen LogP contribution in [-0.4, -0.2) is 18.1 Å². The highest BCUT2D eigenvalue weighted by atomic mass is 32.1. The van der Waals surface area contributed by atoms with E-state index in [-0.39, 0.29) is 12.4 Å². The lowest BCUT2D eigenvalue weighted by molar-refractivity contribution is -0.139. The van der Waals surface area contributed by atoms with Crippen molar-refractivity contribution in [2.24, 2.45) is 0 Å². The second kappa shape index (κ2) is 5.88. The summed E-state index contributed by atoms with van der Waals surface area (Å²) >= 11 is 1.34. The van der Waals surface area contributed by atoms with Gasteiger partial charge < -0.3 is 4.74 Å². The number of benzene rings is 1. The second-order valence-electron chi connectivity index (χ2n) is 3.94. The highest BCUT2D eigenvalue weighted by Gasteiger charge is 2.09. The first-order valence-electron chi connectivity index (χ1n) is 5.52. The fourth-order valence-corrected chi connectivity index (χ4v) is 2.45. The largest absolute Gasteiger partial charge is 0.469 e. The normalized spacial score (nSPS) is 10.5. The number of methoxy groups -OCH3 is 1. The molecule has 0 atom stereocenters. The lowest BCUT2D eigenvalue weighted by Gasteiger charge is -1.99. The summed E-state index contributed by atoms with van der Waals surface area (Å²) in [4.78, 5) is 15.3. The van der Waals surface area contributed by atoms with E-state index in [0.717, 1.165) is 6.07 Å². The molecule has 0 aliphatic rings. The molecule has 0 amide bonds. The molecule has 0 N–H and O–H groups in total. The van der Waals surface area contributed by atoms with Crippen LogP contribution in [0.5, 0.6) is 0 Å². The molecule has 100 valence electrons. The number of halogens is 2. The third-order valence-electron chi connectivity index (χ3n) is 2.43. The standard InChI is InChI=1S/C13H11F2NO2S/c1-18-13(17)6-11-7-19-12(16-11)4-8-2-9(14)5-10(15)3-8/h2-3,5,7H,4,6H2,1H3. The molecule has 0 bridgehead atoms. The maximum atomic E-state index is 13.0. The number of ether oxygens (including phenoxy) is 1. The summed E-state index contributed by atoms with van der Waals surface area (Å²) < 4.78 is 30.6. The molecular formula is C13H11F2NO2S. The Morgan fingerprint density at radius 3 is 2.63 bits per heavy atom. The van der Waals surface area contributed by atoms with Crippen LogP contribution in [0.15, 0.2) is 23.6 Å². The molecule has 0 saturated carbocycles. The van der Waals surface area contributed by atoms with Gasteiger partial charge in [0.1, 0.15) is 11.6 Å². The molecule has 1 aromatic carbocycles. The molecule has 0 saturated heterocycles. The van der Waals surface area contributed by atoms with Crippen LogP contribution in [0.3, 0.4) is 0 Å². The first-order chi connectivity index (χ1) is 9.06. The molecule has 2 rings (SSSR count). The molecule has 0 aliphatic heterocycles. The molecule has 0 fully saturated rings. The van der Waals surface area contributed by atoms with Crippen molar-refractivity contribution in [2.45, 2.75) is 12.8 Å². The Morgan fingerprint density at radius 1 is 1.32 bits per heavy atom. The van der Waals surface area contributed by atoms with Gasteiger partial charge in [-0.25, -0.2) is 13.8 Å². The summed E-state index contributed by atoms with van der Waals surface area (Å²) in [5.74, 6) is -1.59. The van der Waals surface area contributed by atoms with Crippen molar-refractivity contribution in [1.82, 2.24) is 4.98 Å².